The van der Waals surface area contributed by atoms with E-state index in [1.54, 1.807) is 40.3 Å². The number of rotatable bonds is 4. The lowest BCUT2D eigenvalue weighted by molar-refractivity contribution is 0.0921. The molecule has 0 aliphatic heterocycles. The molecule has 3 aromatic rings. The van der Waals surface area contributed by atoms with Crippen molar-refractivity contribution in [3.8, 4) is 5.69 Å². The summed E-state index contributed by atoms with van der Waals surface area (Å²) in [4.78, 5) is 26.1. The summed E-state index contributed by atoms with van der Waals surface area (Å²) in [5, 5.41) is 5.35. The molecule has 2 atom stereocenters. The number of nitrogens with zero attached hydrogens (tertiary/aromatic N) is 1. The molecule has 4 nitrogen and oxygen atoms in total. The van der Waals surface area contributed by atoms with Gasteiger partial charge in [-0.15, -0.1) is 11.3 Å². The Kier molecular flexibility index (Phi) is 5.21. The minimum Gasteiger partial charge on any atom is -0.349 e. The Morgan fingerprint density at radius 2 is 1.81 bits per heavy atom. The van der Waals surface area contributed by atoms with Gasteiger partial charge >= 0.3 is 0 Å². The Morgan fingerprint density at radius 3 is 2.56 bits per heavy atom. The predicted molar refractivity (Wildman–Crippen MR) is 109 cm³/mol. The molecule has 1 saturated carbocycles. The number of hydrogen-bond acceptors (Lipinski definition) is 3. The topological polar surface area (TPSA) is 51.1 Å². The minimum absolute atomic E-state index is 0.0459. The summed E-state index contributed by atoms with van der Waals surface area (Å²) in [6.45, 7) is 0. The molecule has 1 amide bonds. The van der Waals surface area contributed by atoms with Crippen LogP contribution in [0.4, 0.5) is 0 Å². The fourth-order valence-corrected chi connectivity index (χ4v) is 4.74. The van der Waals surface area contributed by atoms with E-state index >= 15 is 0 Å². The van der Waals surface area contributed by atoms with Crippen molar-refractivity contribution in [1.82, 2.24) is 9.88 Å². The molecule has 2 aromatic heterocycles. The molecular weight excluding hydrogens is 356 g/mol. The number of carbonyl (C=O) groups excluding carboxylic acids is 1. The van der Waals surface area contributed by atoms with Crippen molar-refractivity contribution < 1.29 is 4.79 Å². The van der Waals surface area contributed by atoms with E-state index in [1.165, 1.54) is 17.4 Å². The molecule has 0 bridgehead atoms. The van der Waals surface area contributed by atoms with Crippen molar-refractivity contribution in [2.24, 2.45) is 0 Å². The fourth-order valence-electron chi connectivity index (χ4n) is 3.81. The molecule has 2 heterocycles. The normalized spacial score (nSPS) is 19.6. The smallest absolute Gasteiger partial charge is 0.255 e. The molecule has 1 aromatic carbocycles. The second-order valence-corrected chi connectivity index (χ2v) is 7.92. The van der Waals surface area contributed by atoms with Gasteiger partial charge in [-0.3, -0.25) is 14.2 Å². The van der Waals surface area contributed by atoms with Gasteiger partial charge in [-0.25, -0.2) is 0 Å². The lowest BCUT2D eigenvalue weighted by Gasteiger charge is -2.31. The summed E-state index contributed by atoms with van der Waals surface area (Å²) in [6, 6.07) is 16.7. The number of carbonyl (C=O) groups is 1. The van der Waals surface area contributed by atoms with Crippen molar-refractivity contribution in [3.63, 3.8) is 0 Å². The third kappa shape index (κ3) is 3.88. The van der Waals surface area contributed by atoms with Gasteiger partial charge in [0.05, 0.1) is 0 Å². The maximum Gasteiger partial charge on any atom is 0.255 e. The largest absolute Gasteiger partial charge is 0.349 e. The number of nitrogens with one attached hydrogen (secondary N) is 1. The average molecular weight is 378 g/mol. The van der Waals surface area contributed by atoms with Gasteiger partial charge in [0.1, 0.15) is 0 Å². The van der Waals surface area contributed by atoms with Crippen LogP contribution in [0.1, 0.15) is 46.8 Å². The molecule has 1 fully saturated rings. The van der Waals surface area contributed by atoms with Crippen LogP contribution in [-0.4, -0.2) is 16.5 Å². The standard InChI is InChI=1S/C22H22N2O2S/c25-21-9-3-4-14-24(21)17-12-10-16(11-13-17)22(26)23-19-7-2-1-6-18(19)20-8-5-15-27-20/h3-5,8-15,18-19H,1-2,6-7H2,(H,23,26). The summed E-state index contributed by atoms with van der Waals surface area (Å²) in [6.07, 6.45) is 6.25. The number of amides is 1. The van der Waals surface area contributed by atoms with E-state index in [0.29, 0.717) is 11.5 Å². The highest BCUT2D eigenvalue weighted by atomic mass is 32.1. The van der Waals surface area contributed by atoms with Crippen LogP contribution in [0.3, 0.4) is 0 Å². The van der Waals surface area contributed by atoms with Gasteiger partial charge in [0.25, 0.3) is 11.5 Å². The van der Waals surface area contributed by atoms with Crippen molar-refractivity contribution in [3.05, 3.63) is 87.0 Å². The van der Waals surface area contributed by atoms with Crippen LogP contribution in [0.15, 0.2) is 71.0 Å². The molecule has 5 heteroatoms. The zero-order valence-corrected chi connectivity index (χ0v) is 15.8. The van der Waals surface area contributed by atoms with Crippen LogP contribution in [0, 0.1) is 0 Å². The van der Waals surface area contributed by atoms with Crippen molar-refractivity contribution in [1.29, 1.82) is 0 Å². The fraction of sp³-hybridized carbons (Fsp3) is 0.273. The van der Waals surface area contributed by atoms with E-state index in [-0.39, 0.29) is 17.5 Å². The predicted octanol–water partition coefficient (Wildman–Crippen LogP) is 4.36. The molecule has 2 unspecified atom stereocenters. The second kappa shape index (κ2) is 7.92. The first-order chi connectivity index (χ1) is 13.2. The zero-order valence-electron chi connectivity index (χ0n) is 15.0. The molecule has 4 rings (SSSR count). The van der Waals surface area contributed by atoms with Gasteiger partial charge in [-0.05, 0) is 54.6 Å². The van der Waals surface area contributed by atoms with Crippen LogP contribution in [0.25, 0.3) is 5.69 Å². The highest BCUT2D eigenvalue weighted by Gasteiger charge is 2.28. The van der Waals surface area contributed by atoms with Crippen molar-refractivity contribution >= 4 is 17.2 Å². The maximum atomic E-state index is 12.8. The van der Waals surface area contributed by atoms with Crippen LogP contribution in [-0.2, 0) is 0 Å². The molecule has 1 aliphatic rings. The number of aromatic nitrogens is 1. The summed E-state index contributed by atoms with van der Waals surface area (Å²) in [7, 11) is 0. The van der Waals surface area contributed by atoms with Crippen molar-refractivity contribution in [2.75, 3.05) is 0 Å². The Balaban J connectivity index is 1.49. The second-order valence-electron chi connectivity index (χ2n) is 6.94. The van der Waals surface area contributed by atoms with Gasteiger partial charge in [0, 0.05) is 40.4 Å². The summed E-state index contributed by atoms with van der Waals surface area (Å²) >= 11 is 1.77. The minimum atomic E-state index is -0.0873. The number of benzene rings is 1. The number of pyridine rings is 1. The Bertz CT molecular complexity index is 960. The third-order valence-corrected chi connectivity index (χ3v) is 6.23. The zero-order chi connectivity index (χ0) is 18.6. The molecule has 0 radical (unpaired) electrons. The van der Waals surface area contributed by atoms with Crippen LogP contribution in [0.5, 0.6) is 0 Å². The highest BCUT2D eigenvalue weighted by Crippen LogP contribution is 2.35. The van der Waals surface area contributed by atoms with Gasteiger partial charge in [-0.2, -0.15) is 0 Å². The Hall–Kier alpha value is -2.66. The van der Waals surface area contributed by atoms with Crippen LogP contribution >= 0.6 is 11.3 Å². The van der Waals surface area contributed by atoms with Crippen LogP contribution < -0.4 is 10.9 Å². The first-order valence-corrected chi connectivity index (χ1v) is 10.2. The van der Waals surface area contributed by atoms with Crippen LogP contribution in [0.2, 0.25) is 0 Å². The summed E-state index contributed by atoms with van der Waals surface area (Å²) < 4.78 is 1.57. The summed E-state index contributed by atoms with van der Waals surface area (Å²) in [5.74, 6) is 0.361. The molecule has 27 heavy (non-hydrogen) atoms. The monoisotopic (exact) mass is 378 g/mol. The SMILES string of the molecule is O=C(NC1CCCCC1c1cccs1)c1ccc(-n2ccccc2=O)cc1. The quantitative estimate of drug-likeness (QED) is 0.733. The van der Waals surface area contributed by atoms with Gasteiger partial charge in [-0.1, -0.05) is 25.0 Å². The Morgan fingerprint density at radius 1 is 1.00 bits per heavy atom. The van der Waals surface area contributed by atoms with E-state index in [2.05, 4.69) is 22.8 Å². The van der Waals surface area contributed by atoms with Crippen molar-refractivity contribution in [2.45, 2.75) is 37.6 Å². The molecule has 0 saturated heterocycles. The van der Waals surface area contributed by atoms with Gasteiger partial charge < -0.3 is 5.32 Å². The lowest BCUT2D eigenvalue weighted by atomic mass is 9.83. The lowest BCUT2D eigenvalue weighted by Crippen LogP contribution is -2.40. The first kappa shape index (κ1) is 17.7. The summed E-state index contributed by atoms with van der Waals surface area (Å²) in [5.41, 5.74) is 1.29. The first-order valence-electron chi connectivity index (χ1n) is 9.35. The van der Waals surface area contributed by atoms with E-state index < -0.39 is 0 Å². The average Bonchev–Trinajstić information content (AvgIpc) is 3.23. The maximum absolute atomic E-state index is 12.8. The van der Waals surface area contributed by atoms with E-state index in [0.717, 1.165) is 24.9 Å². The van der Waals surface area contributed by atoms with E-state index in [9.17, 15) is 9.59 Å². The molecular formula is C22H22N2O2S. The van der Waals surface area contributed by atoms with Gasteiger partial charge in [0.15, 0.2) is 0 Å². The molecule has 1 aliphatic carbocycles. The molecule has 0 spiro atoms. The third-order valence-electron chi connectivity index (χ3n) is 5.22. The number of hydrogen-bond donors (Lipinski definition) is 1. The van der Waals surface area contributed by atoms with E-state index in [1.807, 2.05) is 18.2 Å². The van der Waals surface area contributed by atoms with Gasteiger partial charge in [0.2, 0.25) is 0 Å². The molecule has 1 N–H and O–H groups in total. The number of thiophene rings is 1. The van der Waals surface area contributed by atoms with E-state index in [4.69, 9.17) is 0 Å². The Labute approximate surface area is 162 Å². The molecule has 138 valence electrons. The highest BCUT2D eigenvalue weighted by molar-refractivity contribution is 7.10.